The third-order valence-corrected chi connectivity index (χ3v) is 21.6. The molecule has 0 saturated heterocycles. The van der Waals surface area contributed by atoms with Gasteiger partial charge < -0.3 is 0 Å². The van der Waals surface area contributed by atoms with Gasteiger partial charge in [0.1, 0.15) is 0 Å². The van der Waals surface area contributed by atoms with Crippen molar-refractivity contribution in [3.8, 4) is 102 Å². The summed E-state index contributed by atoms with van der Waals surface area (Å²) < 4.78 is 4.38. The molecule has 110 heavy (non-hydrogen) atoms. The Morgan fingerprint density at radius 3 is 0.945 bits per heavy atom. The maximum atomic E-state index is 5.13. The second-order valence-corrected chi connectivity index (χ2v) is 28.2. The van der Waals surface area contributed by atoms with E-state index in [4.69, 9.17) is 29.9 Å². The largest absolute Gasteiger partial charge is 0.278 e. The number of para-hydroxylation sites is 2. The molecule has 0 aliphatic rings. The van der Waals surface area contributed by atoms with Gasteiger partial charge in [-0.1, -0.05) is 322 Å². The fraction of sp³-hybridized carbons (Fsp3) is 0. The highest BCUT2D eigenvalue weighted by molar-refractivity contribution is 6.23. The Morgan fingerprint density at radius 1 is 0.155 bits per heavy atom. The Balaban J connectivity index is 0.000000140. The summed E-state index contributed by atoms with van der Waals surface area (Å²) in [4.78, 5) is 30.4. The van der Waals surface area contributed by atoms with Crippen LogP contribution in [0.1, 0.15) is 0 Å². The smallest absolute Gasteiger partial charge is 0.238 e. The highest BCUT2D eigenvalue weighted by Gasteiger charge is 2.23. The van der Waals surface area contributed by atoms with E-state index in [2.05, 4.69) is 276 Å². The molecule has 8 nitrogen and oxygen atoms in total. The van der Waals surface area contributed by atoms with Gasteiger partial charge in [-0.15, -0.1) is 0 Å². The SMILES string of the molecule is c1ccc(-c2nc(-c3ccccc3)nc(-n3c4ccccc4c4c5cc(-c6ccc7cc(-c8ccc9ccccc9c8)ccc7c6)ccc5ccc43)n2)cc1.c1ccc(-c2nc(-c3ccccc3)nc(-n3c4ccccc4c4c5ccc(-c6ccc7cc(-c8cccc9ccccc89)ccc7c6)cc5ccc43)n2)cc1. The Kier molecular flexibility index (Phi) is 15.4. The van der Waals surface area contributed by atoms with E-state index in [1.54, 1.807) is 0 Å². The van der Waals surface area contributed by atoms with Crippen molar-refractivity contribution in [2.24, 2.45) is 0 Å². The minimum absolute atomic E-state index is 0.590. The predicted octanol–water partition coefficient (Wildman–Crippen LogP) is 26.2. The van der Waals surface area contributed by atoms with E-state index in [0.717, 1.165) is 55.1 Å². The van der Waals surface area contributed by atoms with Crippen molar-refractivity contribution in [2.75, 3.05) is 0 Å². The third kappa shape index (κ3) is 11.3. The zero-order valence-corrected chi connectivity index (χ0v) is 59.5. The molecule has 4 heterocycles. The van der Waals surface area contributed by atoms with E-state index in [-0.39, 0.29) is 0 Å². The van der Waals surface area contributed by atoms with Crippen molar-refractivity contribution >= 4 is 108 Å². The van der Waals surface area contributed by atoms with E-state index >= 15 is 0 Å². The van der Waals surface area contributed by atoms with Crippen molar-refractivity contribution in [3.63, 3.8) is 0 Å². The van der Waals surface area contributed by atoms with Crippen LogP contribution in [0, 0.1) is 0 Å². The Labute approximate surface area is 633 Å². The van der Waals surface area contributed by atoms with Gasteiger partial charge in [-0.2, -0.15) is 19.9 Å². The molecule has 0 N–H and O–H groups in total. The van der Waals surface area contributed by atoms with Crippen molar-refractivity contribution in [2.45, 2.75) is 0 Å². The quantitative estimate of drug-likeness (QED) is 0.136. The van der Waals surface area contributed by atoms with Gasteiger partial charge in [0.2, 0.25) is 11.9 Å². The highest BCUT2D eigenvalue weighted by atomic mass is 15.2. The lowest BCUT2D eigenvalue weighted by Crippen LogP contribution is -2.06. The monoisotopic (exact) mass is 1400 g/mol. The standard InChI is InChI=1S/2C51H32N4/c1-3-13-34(14-4-1)49-52-50(35-15-5-2-6-16-35)54-51(53-49)55-46-21-10-9-19-45(46)48-44-28-26-39(32-41(44)27-29-47(48)55)36-22-23-38-31-40(25-24-37(38)30-36)43-20-11-17-33-12-7-8-18-42(33)43;1-3-12-35(13-4-1)49-52-50(36-14-5-2-6-15-36)54-51(53-49)55-46-18-10-9-17-44(46)48-45-32-43(22-20-34(45)27-28-47(48)55)42-26-25-40-30-39(23-24-41(40)31-42)38-21-19-33-11-7-8-16-37(33)29-38/h2*1-32H. The third-order valence-electron chi connectivity index (χ3n) is 21.6. The average Bonchev–Trinajstić information content (AvgIpc) is 1.57. The first kappa shape index (κ1) is 63.6. The van der Waals surface area contributed by atoms with Crippen LogP contribution in [0.15, 0.2) is 388 Å². The number of fused-ring (bicyclic) bond motifs is 14. The molecule has 0 unspecified atom stereocenters. The molecule has 18 aromatic carbocycles. The second kappa shape index (κ2) is 26.6. The number of aromatic nitrogens is 8. The molecular weight excluding hydrogens is 1340 g/mol. The van der Waals surface area contributed by atoms with Crippen molar-refractivity contribution in [1.29, 1.82) is 0 Å². The molecule has 0 fully saturated rings. The molecule has 0 saturated carbocycles. The number of benzene rings is 18. The molecule has 512 valence electrons. The molecule has 22 aromatic rings. The Bertz CT molecular complexity index is 7280. The van der Waals surface area contributed by atoms with Crippen LogP contribution in [0.4, 0.5) is 0 Å². The highest BCUT2D eigenvalue weighted by Crippen LogP contribution is 2.43. The van der Waals surface area contributed by atoms with E-state index in [0.29, 0.717) is 35.2 Å². The Hall–Kier alpha value is -14.9. The minimum atomic E-state index is 0.590. The summed E-state index contributed by atoms with van der Waals surface area (Å²) in [5, 5.41) is 19.4. The summed E-state index contributed by atoms with van der Waals surface area (Å²) in [6.07, 6.45) is 0. The number of nitrogens with zero attached hydrogens (tertiary/aromatic N) is 8. The average molecular weight is 1400 g/mol. The molecular formula is C102H64N8. The van der Waals surface area contributed by atoms with E-state index in [9.17, 15) is 0 Å². The molecule has 0 radical (unpaired) electrons. The van der Waals surface area contributed by atoms with Gasteiger partial charge in [0, 0.05) is 43.8 Å². The maximum Gasteiger partial charge on any atom is 0.238 e. The van der Waals surface area contributed by atoms with Gasteiger partial charge in [0.25, 0.3) is 0 Å². The molecule has 0 aliphatic carbocycles. The fourth-order valence-electron chi connectivity index (χ4n) is 16.2. The van der Waals surface area contributed by atoms with Gasteiger partial charge in [-0.05, 0) is 176 Å². The summed E-state index contributed by atoms with van der Waals surface area (Å²) >= 11 is 0. The summed E-state index contributed by atoms with van der Waals surface area (Å²) in [6.45, 7) is 0. The van der Waals surface area contributed by atoms with Gasteiger partial charge in [0.15, 0.2) is 23.3 Å². The van der Waals surface area contributed by atoms with Gasteiger partial charge in [-0.25, -0.2) is 9.97 Å². The van der Waals surface area contributed by atoms with Crippen LogP contribution in [0.2, 0.25) is 0 Å². The lowest BCUT2D eigenvalue weighted by molar-refractivity contribution is 0.953. The van der Waals surface area contributed by atoms with Gasteiger partial charge >= 0.3 is 0 Å². The van der Waals surface area contributed by atoms with Crippen molar-refractivity contribution < 1.29 is 0 Å². The molecule has 0 bridgehead atoms. The molecule has 0 amide bonds. The molecule has 0 aliphatic heterocycles. The molecule has 4 aromatic heterocycles. The van der Waals surface area contributed by atoms with E-state index < -0.39 is 0 Å². The first-order valence-corrected chi connectivity index (χ1v) is 37.2. The van der Waals surface area contributed by atoms with Gasteiger partial charge in [-0.3, -0.25) is 9.13 Å². The first-order chi connectivity index (χ1) is 54.5. The Morgan fingerprint density at radius 2 is 0.464 bits per heavy atom. The first-order valence-electron chi connectivity index (χ1n) is 37.2. The zero-order chi connectivity index (χ0) is 72.6. The van der Waals surface area contributed by atoms with Crippen LogP contribution < -0.4 is 0 Å². The zero-order valence-electron chi connectivity index (χ0n) is 59.5. The summed E-state index contributed by atoms with van der Waals surface area (Å²) in [5.41, 5.74) is 17.7. The van der Waals surface area contributed by atoms with Crippen LogP contribution in [-0.4, -0.2) is 39.0 Å². The summed E-state index contributed by atoms with van der Waals surface area (Å²) in [6, 6.07) is 138. The van der Waals surface area contributed by atoms with Crippen LogP contribution in [-0.2, 0) is 0 Å². The van der Waals surface area contributed by atoms with Crippen molar-refractivity contribution in [1.82, 2.24) is 39.0 Å². The molecule has 0 spiro atoms. The fourth-order valence-corrected chi connectivity index (χ4v) is 16.2. The lowest BCUT2D eigenvalue weighted by atomic mass is 9.94. The number of hydrogen-bond acceptors (Lipinski definition) is 6. The minimum Gasteiger partial charge on any atom is -0.278 e. The van der Waals surface area contributed by atoms with Crippen molar-refractivity contribution in [3.05, 3.63) is 388 Å². The molecule has 0 atom stereocenters. The maximum absolute atomic E-state index is 5.13. The molecule has 22 rings (SSSR count). The van der Waals surface area contributed by atoms with Crippen LogP contribution in [0.25, 0.3) is 210 Å². The summed E-state index contributed by atoms with van der Waals surface area (Å²) in [5.74, 6) is 3.74. The summed E-state index contributed by atoms with van der Waals surface area (Å²) in [7, 11) is 0. The number of hydrogen-bond donors (Lipinski definition) is 0. The van der Waals surface area contributed by atoms with E-state index in [1.165, 1.54) is 120 Å². The lowest BCUT2D eigenvalue weighted by Gasteiger charge is -2.11. The normalized spacial score (nSPS) is 11.6. The topological polar surface area (TPSA) is 87.2 Å². The van der Waals surface area contributed by atoms with Gasteiger partial charge in [0.05, 0.1) is 22.1 Å². The number of rotatable bonds is 10. The van der Waals surface area contributed by atoms with E-state index in [1.807, 2.05) is 121 Å². The molecule has 8 heteroatoms. The van der Waals surface area contributed by atoms with Crippen LogP contribution >= 0.6 is 0 Å². The second-order valence-electron chi connectivity index (χ2n) is 28.2. The van der Waals surface area contributed by atoms with Crippen LogP contribution in [0.3, 0.4) is 0 Å². The predicted molar refractivity (Wildman–Crippen MR) is 457 cm³/mol. The van der Waals surface area contributed by atoms with Crippen LogP contribution in [0.5, 0.6) is 0 Å².